The summed E-state index contributed by atoms with van der Waals surface area (Å²) in [4.78, 5) is 24.5. The maximum absolute atomic E-state index is 13.3. The van der Waals surface area contributed by atoms with Gasteiger partial charge in [0, 0.05) is 24.7 Å². The van der Waals surface area contributed by atoms with Gasteiger partial charge in [0.15, 0.2) is 5.82 Å². The van der Waals surface area contributed by atoms with Gasteiger partial charge in [-0.05, 0) is 32.4 Å². The number of nitrogens with zero attached hydrogens (tertiary/aromatic N) is 4. The first-order chi connectivity index (χ1) is 10.9. The van der Waals surface area contributed by atoms with Crippen molar-refractivity contribution in [2.75, 3.05) is 18.5 Å². The molecule has 120 valence electrons. The molecule has 0 radical (unpaired) electrons. The molecule has 0 bridgehead atoms. The Hall–Kier alpha value is -2.50. The molecular formula is C17H19FN4O. The van der Waals surface area contributed by atoms with Crippen molar-refractivity contribution in [3.05, 3.63) is 42.5 Å². The van der Waals surface area contributed by atoms with Gasteiger partial charge < -0.3 is 4.90 Å². The van der Waals surface area contributed by atoms with E-state index in [0.29, 0.717) is 23.6 Å². The topological polar surface area (TPSA) is 49.3 Å². The van der Waals surface area contributed by atoms with Crippen LogP contribution in [0.15, 0.2) is 36.7 Å². The van der Waals surface area contributed by atoms with Gasteiger partial charge in [-0.25, -0.2) is 14.2 Å². The van der Waals surface area contributed by atoms with Crippen molar-refractivity contribution in [3.8, 4) is 11.3 Å². The van der Waals surface area contributed by atoms with E-state index >= 15 is 0 Å². The molecule has 2 heterocycles. The van der Waals surface area contributed by atoms with E-state index in [4.69, 9.17) is 0 Å². The number of hydrogen-bond acceptors (Lipinski definition) is 3. The minimum Gasteiger partial charge on any atom is -0.322 e. The molecule has 0 aliphatic carbocycles. The molecule has 0 N–H and O–H groups in total. The zero-order valence-corrected chi connectivity index (χ0v) is 13.5. The highest BCUT2D eigenvalue weighted by Gasteiger charge is 2.37. The van der Waals surface area contributed by atoms with Crippen LogP contribution < -0.4 is 4.90 Å². The maximum Gasteiger partial charge on any atom is 0.325 e. The standard InChI is InChI=1S/C17H19FN4O/c1-17(2)7-8-22(16(23)21(17)3)15-11-19-14(10-20-15)12-5-4-6-13(18)9-12/h4-6,9-11H,7-8H2,1-3H3. The highest BCUT2D eigenvalue weighted by atomic mass is 19.1. The van der Waals surface area contributed by atoms with Crippen LogP contribution in [0.4, 0.5) is 15.0 Å². The third kappa shape index (κ3) is 2.88. The molecule has 1 aliphatic heterocycles. The van der Waals surface area contributed by atoms with Crippen molar-refractivity contribution in [1.82, 2.24) is 14.9 Å². The summed E-state index contributed by atoms with van der Waals surface area (Å²) >= 11 is 0. The number of urea groups is 1. The minimum absolute atomic E-state index is 0.0888. The van der Waals surface area contributed by atoms with Crippen LogP contribution in [0, 0.1) is 5.82 Å². The molecule has 1 aromatic heterocycles. The first-order valence-corrected chi connectivity index (χ1v) is 7.52. The van der Waals surface area contributed by atoms with Gasteiger partial charge in [0.25, 0.3) is 0 Å². The Morgan fingerprint density at radius 2 is 2.00 bits per heavy atom. The molecule has 1 saturated heterocycles. The summed E-state index contributed by atoms with van der Waals surface area (Å²) < 4.78 is 13.3. The van der Waals surface area contributed by atoms with Gasteiger partial charge in [-0.1, -0.05) is 12.1 Å². The third-order valence-corrected chi connectivity index (χ3v) is 4.41. The molecule has 0 atom stereocenters. The smallest absolute Gasteiger partial charge is 0.322 e. The number of halogens is 1. The van der Waals surface area contributed by atoms with Gasteiger partial charge in [-0.3, -0.25) is 9.88 Å². The average molecular weight is 314 g/mol. The zero-order valence-electron chi connectivity index (χ0n) is 13.5. The normalized spacial score (nSPS) is 17.5. The molecule has 0 saturated carbocycles. The second-order valence-corrected chi connectivity index (χ2v) is 6.33. The van der Waals surface area contributed by atoms with Crippen LogP contribution in [0.3, 0.4) is 0 Å². The Balaban J connectivity index is 1.84. The highest BCUT2D eigenvalue weighted by Crippen LogP contribution is 2.27. The fraction of sp³-hybridized carbons (Fsp3) is 0.353. The molecule has 1 aliphatic rings. The number of benzene rings is 1. The Morgan fingerprint density at radius 3 is 2.65 bits per heavy atom. The Kier molecular flexibility index (Phi) is 3.75. The van der Waals surface area contributed by atoms with Crippen LogP contribution in [0.5, 0.6) is 0 Å². The lowest BCUT2D eigenvalue weighted by Crippen LogP contribution is -2.57. The van der Waals surface area contributed by atoms with Crippen LogP contribution in [-0.4, -0.2) is 40.0 Å². The number of aromatic nitrogens is 2. The molecular weight excluding hydrogens is 295 g/mol. The molecule has 1 fully saturated rings. The first-order valence-electron chi connectivity index (χ1n) is 7.52. The highest BCUT2D eigenvalue weighted by molar-refractivity contribution is 5.92. The average Bonchev–Trinajstić information content (AvgIpc) is 2.53. The van der Waals surface area contributed by atoms with Crippen LogP contribution >= 0.6 is 0 Å². The van der Waals surface area contributed by atoms with Crippen molar-refractivity contribution < 1.29 is 9.18 Å². The summed E-state index contributed by atoms with van der Waals surface area (Å²) in [7, 11) is 1.79. The van der Waals surface area contributed by atoms with E-state index in [0.717, 1.165) is 6.42 Å². The van der Waals surface area contributed by atoms with Crippen molar-refractivity contribution >= 4 is 11.8 Å². The molecule has 5 nitrogen and oxygen atoms in total. The molecule has 0 unspecified atom stereocenters. The van der Waals surface area contributed by atoms with Crippen molar-refractivity contribution in [3.63, 3.8) is 0 Å². The minimum atomic E-state index is -0.316. The van der Waals surface area contributed by atoms with Crippen molar-refractivity contribution in [2.45, 2.75) is 25.8 Å². The monoisotopic (exact) mass is 314 g/mol. The quantitative estimate of drug-likeness (QED) is 0.854. The predicted molar refractivity (Wildman–Crippen MR) is 86.6 cm³/mol. The molecule has 3 rings (SSSR count). The lowest BCUT2D eigenvalue weighted by Gasteiger charge is -2.44. The van der Waals surface area contributed by atoms with Crippen LogP contribution in [0.1, 0.15) is 20.3 Å². The number of amides is 2. The molecule has 0 spiro atoms. The summed E-state index contributed by atoms with van der Waals surface area (Å²) in [6.45, 7) is 4.69. The van der Waals surface area contributed by atoms with Crippen LogP contribution in [0.2, 0.25) is 0 Å². The molecule has 23 heavy (non-hydrogen) atoms. The Morgan fingerprint density at radius 1 is 1.22 bits per heavy atom. The van der Waals surface area contributed by atoms with Crippen LogP contribution in [0.25, 0.3) is 11.3 Å². The number of anilines is 1. The summed E-state index contributed by atoms with van der Waals surface area (Å²) in [5.74, 6) is 0.195. The van der Waals surface area contributed by atoms with Gasteiger partial charge in [-0.2, -0.15) is 0 Å². The molecule has 6 heteroatoms. The lowest BCUT2D eigenvalue weighted by molar-refractivity contribution is 0.140. The van der Waals surface area contributed by atoms with Gasteiger partial charge >= 0.3 is 6.03 Å². The maximum atomic E-state index is 13.3. The van der Waals surface area contributed by atoms with Gasteiger partial charge in [0.05, 0.1) is 18.1 Å². The van der Waals surface area contributed by atoms with E-state index in [2.05, 4.69) is 9.97 Å². The zero-order chi connectivity index (χ0) is 16.6. The van der Waals surface area contributed by atoms with E-state index in [1.807, 2.05) is 13.8 Å². The Labute approximate surface area is 134 Å². The van der Waals surface area contributed by atoms with Crippen LogP contribution in [-0.2, 0) is 0 Å². The van der Waals surface area contributed by atoms with E-state index in [9.17, 15) is 9.18 Å². The van der Waals surface area contributed by atoms with Crippen molar-refractivity contribution in [1.29, 1.82) is 0 Å². The lowest BCUT2D eigenvalue weighted by atomic mass is 9.96. The number of rotatable bonds is 2. The summed E-state index contributed by atoms with van der Waals surface area (Å²) in [5.41, 5.74) is 1.07. The second-order valence-electron chi connectivity index (χ2n) is 6.33. The number of carbonyl (C=O) groups is 1. The van der Waals surface area contributed by atoms with E-state index < -0.39 is 0 Å². The van der Waals surface area contributed by atoms with Gasteiger partial charge in [0.2, 0.25) is 0 Å². The first kappa shape index (κ1) is 15.4. The predicted octanol–water partition coefficient (Wildman–Crippen LogP) is 3.32. The number of carbonyl (C=O) groups excluding carboxylic acids is 1. The van der Waals surface area contributed by atoms with E-state index in [-0.39, 0.29) is 17.4 Å². The fourth-order valence-electron chi connectivity index (χ4n) is 2.56. The molecule has 1 aromatic carbocycles. The summed E-state index contributed by atoms with van der Waals surface area (Å²) in [6.07, 6.45) is 3.98. The molecule has 2 aromatic rings. The summed E-state index contributed by atoms with van der Waals surface area (Å²) in [5, 5.41) is 0. The Bertz CT molecular complexity index is 730. The van der Waals surface area contributed by atoms with Crippen molar-refractivity contribution in [2.24, 2.45) is 0 Å². The fourth-order valence-corrected chi connectivity index (χ4v) is 2.56. The van der Waals surface area contributed by atoms with Gasteiger partial charge in [-0.15, -0.1) is 0 Å². The molecule has 2 amide bonds. The second kappa shape index (κ2) is 5.61. The largest absolute Gasteiger partial charge is 0.325 e. The SMILES string of the molecule is CN1C(=O)N(c2cnc(-c3cccc(F)c3)cn2)CCC1(C)C. The third-order valence-electron chi connectivity index (χ3n) is 4.41. The summed E-state index contributed by atoms with van der Waals surface area (Å²) in [6, 6.07) is 6.11. The van der Waals surface area contributed by atoms with Gasteiger partial charge in [0.1, 0.15) is 5.82 Å². The van der Waals surface area contributed by atoms with E-state index in [1.165, 1.54) is 12.1 Å². The van der Waals surface area contributed by atoms with E-state index in [1.54, 1.807) is 41.4 Å². The number of hydrogen-bond donors (Lipinski definition) is 0.